The lowest BCUT2D eigenvalue weighted by Crippen LogP contribution is -2.53. The first kappa shape index (κ1) is 16.1. The smallest absolute Gasteiger partial charge is 0.234 e. The Labute approximate surface area is 126 Å². The van der Waals surface area contributed by atoms with Crippen LogP contribution in [0.3, 0.4) is 0 Å². The van der Waals surface area contributed by atoms with Crippen molar-refractivity contribution in [2.75, 3.05) is 19.6 Å². The van der Waals surface area contributed by atoms with Gasteiger partial charge in [0, 0.05) is 19.1 Å². The van der Waals surface area contributed by atoms with E-state index < -0.39 is 5.41 Å². The molecule has 1 saturated carbocycles. The van der Waals surface area contributed by atoms with Crippen molar-refractivity contribution in [3.8, 4) is 0 Å². The molecule has 1 amide bonds. The highest BCUT2D eigenvalue weighted by molar-refractivity contribution is 6.07. The molecule has 0 spiro atoms. The molecule has 0 unspecified atom stereocenters. The molecule has 0 radical (unpaired) electrons. The van der Waals surface area contributed by atoms with Gasteiger partial charge in [-0.15, -0.1) is 0 Å². The van der Waals surface area contributed by atoms with Crippen molar-refractivity contribution in [3.05, 3.63) is 0 Å². The van der Waals surface area contributed by atoms with Gasteiger partial charge in [0.2, 0.25) is 5.91 Å². The first-order valence-corrected chi connectivity index (χ1v) is 8.13. The lowest BCUT2D eigenvalue weighted by molar-refractivity contribution is -0.128. The third-order valence-corrected chi connectivity index (χ3v) is 4.95. The minimum Gasteiger partial charge on any atom is -0.409 e. The Morgan fingerprint density at radius 1 is 1.38 bits per heavy atom. The molecule has 6 nitrogen and oxygen atoms in total. The van der Waals surface area contributed by atoms with Crippen molar-refractivity contribution >= 4 is 11.7 Å². The summed E-state index contributed by atoms with van der Waals surface area (Å²) in [5, 5.41) is 15.2. The van der Waals surface area contributed by atoms with E-state index in [0.29, 0.717) is 12.8 Å². The molecule has 2 rings (SSSR count). The van der Waals surface area contributed by atoms with Crippen molar-refractivity contribution in [2.24, 2.45) is 16.3 Å². The number of likely N-dealkylation sites (tertiary alicyclic amines) is 1. The molecule has 1 saturated heterocycles. The van der Waals surface area contributed by atoms with E-state index in [1.54, 1.807) is 0 Å². The molecule has 120 valence electrons. The fourth-order valence-electron chi connectivity index (χ4n) is 3.61. The summed E-state index contributed by atoms with van der Waals surface area (Å²) in [5.41, 5.74) is 5.03. The number of hydrogen-bond acceptors (Lipinski definition) is 4. The fourth-order valence-corrected chi connectivity index (χ4v) is 3.61. The zero-order valence-electron chi connectivity index (χ0n) is 13.0. The van der Waals surface area contributed by atoms with E-state index in [0.717, 1.165) is 45.3 Å². The van der Waals surface area contributed by atoms with Gasteiger partial charge in [-0.05, 0) is 38.6 Å². The van der Waals surface area contributed by atoms with E-state index in [1.165, 1.54) is 6.42 Å². The van der Waals surface area contributed by atoms with Crippen LogP contribution >= 0.6 is 0 Å². The van der Waals surface area contributed by atoms with Gasteiger partial charge in [-0.1, -0.05) is 24.9 Å². The van der Waals surface area contributed by atoms with E-state index in [4.69, 9.17) is 10.9 Å². The number of piperidine rings is 1. The highest BCUT2D eigenvalue weighted by atomic mass is 16.4. The molecule has 0 aromatic carbocycles. The minimum atomic E-state index is -0.782. The van der Waals surface area contributed by atoms with Gasteiger partial charge in [-0.2, -0.15) is 0 Å². The average molecular weight is 296 g/mol. The highest BCUT2D eigenvalue weighted by Crippen LogP contribution is 2.38. The molecule has 6 heteroatoms. The van der Waals surface area contributed by atoms with Gasteiger partial charge in [0.15, 0.2) is 5.84 Å². The van der Waals surface area contributed by atoms with Crippen LogP contribution in [0.5, 0.6) is 0 Å². The quantitative estimate of drug-likeness (QED) is 0.308. The zero-order valence-corrected chi connectivity index (χ0v) is 13.0. The molecule has 2 fully saturated rings. The molecule has 21 heavy (non-hydrogen) atoms. The maximum Gasteiger partial charge on any atom is 0.234 e. The molecule has 0 atom stereocenters. The van der Waals surface area contributed by atoms with Crippen molar-refractivity contribution in [2.45, 2.75) is 57.9 Å². The second-order valence-electron chi connectivity index (χ2n) is 6.36. The number of nitrogens with two attached hydrogens (primary N) is 1. The first-order valence-electron chi connectivity index (χ1n) is 8.13. The van der Waals surface area contributed by atoms with Gasteiger partial charge in [0.05, 0.1) is 0 Å². The second-order valence-corrected chi connectivity index (χ2v) is 6.36. The lowest BCUT2D eigenvalue weighted by atomic mass is 9.83. The molecule has 0 bridgehead atoms. The van der Waals surface area contributed by atoms with Crippen LogP contribution in [-0.4, -0.2) is 47.5 Å². The van der Waals surface area contributed by atoms with Gasteiger partial charge in [-0.3, -0.25) is 4.79 Å². The Hall–Kier alpha value is -1.30. The van der Waals surface area contributed by atoms with Crippen molar-refractivity contribution in [1.82, 2.24) is 10.2 Å². The number of rotatable bonds is 5. The summed E-state index contributed by atoms with van der Waals surface area (Å²) in [6.45, 7) is 5.40. The molecule has 1 aliphatic carbocycles. The monoisotopic (exact) mass is 296 g/mol. The minimum absolute atomic E-state index is 0.0516. The van der Waals surface area contributed by atoms with Gasteiger partial charge in [0.25, 0.3) is 0 Å². The Kier molecular flexibility index (Phi) is 5.45. The predicted octanol–water partition coefficient (Wildman–Crippen LogP) is 1.28. The Balaban J connectivity index is 1.92. The zero-order chi connectivity index (χ0) is 15.3. The standard InChI is InChI=1S/C15H28N4O2/c1-2-9-19-10-5-12(6-11-19)17-14(20)15(13(16)18-21)7-3-4-8-15/h12,21H,2-11H2,1H3,(H2,16,18)(H,17,20). The number of nitrogens with one attached hydrogen (secondary N) is 1. The normalized spacial score (nSPS) is 24.1. The fraction of sp³-hybridized carbons (Fsp3) is 0.867. The number of amidine groups is 1. The SMILES string of the molecule is CCCN1CCC(NC(=O)C2(C(N)=NO)CCCC2)CC1. The van der Waals surface area contributed by atoms with Crippen molar-refractivity contribution in [3.63, 3.8) is 0 Å². The Morgan fingerprint density at radius 3 is 2.52 bits per heavy atom. The summed E-state index contributed by atoms with van der Waals surface area (Å²) >= 11 is 0. The third kappa shape index (κ3) is 3.48. The molecule has 2 aliphatic rings. The molecule has 0 aromatic heterocycles. The number of carbonyl (C=O) groups is 1. The molecule has 4 N–H and O–H groups in total. The summed E-state index contributed by atoms with van der Waals surface area (Å²) in [5.74, 6) is 0.0187. The maximum absolute atomic E-state index is 12.6. The van der Waals surface area contributed by atoms with E-state index in [1.807, 2.05) is 0 Å². The molecule has 0 aromatic rings. The van der Waals surface area contributed by atoms with Gasteiger partial charge >= 0.3 is 0 Å². The Morgan fingerprint density at radius 2 is 2.00 bits per heavy atom. The number of carbonyl (C=O) groups excluding carboxylic acids is 1. The van der Waals surface area contributed by atoms with E-state index in [2.05, 4.69) is 22.3 Å². The number of oxime groups is 1. The topological polar surface area (TPSA) is 91.0 Å². The van der Waals surface area contributed by atoms with Crippen LogP contribution in [0.4, 0.5) is 0 Å². The second kappa shape index (κ2) is 7.11. The van der Waals surface area contributed by atoms with Crippen molar-refractivity contribution < 1.29 is 10.0 Å². The number of amides is 1. The highest BCUT2D eigenvalue weighted by Gasteiger charge is 2.46. The number of nitrogens with zero attached hydrogens (tertiary/aromatic N) is 2. The van der Waals surface area contributed by atoms with Crippen LogP contribution < -0.4 is 11.1 Å². The third-order valence-electron chi connectivity index (χ3n) is 4.95. The van der Waals surface area contributed by atoms with Crippen LogP contribution in [0.2, 0.25) is 0 Å². The van der Waals surface area contributed by atoms with E-state index in [9.17, 15) is 4.79 Å². The van der Waals surface area contributed by atoms with Gasteiger partial charge in [-0.25, -0.2) is 0 Å². The van der Waals surface area contributed by atoms with Gasteiger partial charge in [0.1, 0.15) is 5.41 Å². The molecule has 1 heterocycles. The summed E-state index contributed by atoms with van der Waals surface area (Å²) in [6, 6.07) is 0.217. The van der Waals surface area contributed by atoms with Crippen LogP contribution in [0, 0.1) is 5.41 Å². The lowest BCUT2D eigenvalue weighted by Gasteiger charge is -2.34. The Bertz CT molecular complexity index is 383. The van der Waals surface area contributed by atoms with Crippen LogP contribution in [0.1, 0.15) is 51.9 Å². The van der Waals surface area contributed by atoms with Crippen LogP contribution in [0.25, 0.3) is 0 Å². The van der Waals surface area contributed by atoms with E-state index in [-0.39, 0.29) is 17.8 Å². The summed E-state index contributed by atoms with van der Waals surface area (Å²) < 4.78 is 0. The maximum atomic E-state index is 12.6. The summed E-state index contributed by atoms with van der Waals surface area (Å²) in [6.07, 6.45) is 6.42. The number of hydrogen-bond donors (Lipinski definition) is 3. The largest absolute Gasteiger partial charge is 0.409 e. The predicted molar refractivity (Wildman–Crippen MR) is 82.2 cm³/mol. The molecule has 1 aliphatic heterocycles. The van der Waals surface area contributed by atoms with E-state index >= 15 is 0 Å². The van der Waals surface area contributed by atoms with Crippen LogP contribution in [0.15, 0.2) is 5.16 Å². The average Bonchev–Trinajstić information content (AvgIpc) is 2.99. The molecular formula is C15H28N4O2. The van der Waals surface area contributed by atoms with Crippen LogP contribution in [-0.2, 0) is 4.79 Å². The van der Waals surface area contributed by atoms with Crippen molar-refractivity contribution in [1.29, 1.82) is 0 Å². The first-order chi connectivity index (χ1) is 10.1. The summed E-state index contributed by atoms with van der Waals surface area (Å²) in [4.78, 5) is 15.1. The summed E-state index contributed by atoms with van der Waals surface area (Å²) in [7, 11) is 0. The molecular weight excluding hydrogens is 268 g/mol. The van der Waals surface area contributed by atoms with Gasteiger partial charge < -0.3 is 21.2 Å².